The fourth-order valence-electron chi connectivity index (χ4n) is 1.85. The lowest BCUT2D eigenvalue weighted by molar-refractivity contribution is 0.582. The van der Waals surface area contributed by atoms with E-state index in [4.69, 9.17) is 0 Å². The fraction of sp³-hybridized carbons (Fsp3) is 0.462. The zero-order valence-electron chi connectivity index (χ0n) is 11.1. The van der Waals surface area contributed by atoms with Crippen LogP contribution in [0.15, 0.2) is 21.7 Å². The number of thiazole rings is 1. The van der Waals surface area contributed by atoms with E-state index in [1.807, 2.05) is 18.4 Å². The van der Waals surface area contributed by atoms with Crippen LogP contribution in [0.1, 0.15) is 41.3 Å². The van der Waals surface area contributed by atoms with Gasteiger partial charge in [-0.3, -0.25) is 0 Å². The van der Waals surface area contributed by atoms with Gasteiger partial charge in [-0.25, -0.2) is 18.1 Å². The largest absolute Gasteiger partial charge is 0.250 e. The Morgan fingerprint density at radius 2 is 2.20 bits per heavy atom. The maximum atomic E-state index is 12.2. The molecule has 1 aliphatic carbocycles. The fourth-order valence-corrected chi connectivity index (χ4v) is 5.18. The number of aryl methyl sites for hydroxylation is 1. The molecular weight excluding hydrogens is 312 g/mol. The summed E-state index contributed by atoms with van der Waals surface area (Å²) < 4.78 is 27.3. The number of sulfonamides is 1. The van der Waals surface area contributed by atoms with Crippen LogP contribution >= 0.6 is 22.7 Å². The van der Waals surface area contributed by atoms with Gasteiger partial charge in [0.1, 0.15) is 4.21 Å². The molecule has 7 heteroatoms. The molecule has 0 radical (unpaired) electrons. The molecule has 0 saturated heterocycles. The van der Waals surface area contributed by atoms with E-state index in [0.29, 0.717) is 10.1 Å². The molecule has 1 N–H and O–H groups in total. The van der Waals surface area contributed by atoms with E-state index < -0.39 is 10.0 Å². The summed E-state index contributed by atoms with van der Waals surface area (Å²) in [7, 11) is -3.41. The van der Waals surface area contributed by atoms with Crippen molar-refractivity contribution in [3.05, 3.63) is 33.1 Å². The number of nitrogens with one attached hydrogen (secondary N) is 1. The van der Waals surface area contributed by atoms with Crippen molar-refractivity contribution in [2.75, 3.05) is 0 Å². The summed E-state index contributed by atoms with van der Waals surface area (Å²) >= 11 is 2.96. The maximum Gasteiger partial charge on any atom is 0.250 e. The predicted octanol–water partition coefficient (Wildman–Crippen LogP) is 3.12. The molecule has 1 fully saturated rings. The molecule has 0 aliphatic heterocycles. The van der Waals surface area contributed by atoms with E-state index in [0.717, 1.165) is 22.0 Å². The predicted molar refractivity (Wildman–Crippen MR) is 81.8 cm³/mol. The smallest absolute Gasteiger partial charge is 0.245 e. The van der Waals surface area contributed by atoms with Gasteiger partial charge in [0.25, 0.3) is 0 Å². The Morgan fingerprint density at radius 3 is 2.85 bits per heavy atom. The van der Waals surface area contributed by atoms with E-state index in [-0.39, 0.29) is 6.54 Å². The van der Waals surface area contributed by atoms with E-state index in [1.165, 1.54) is 24.2 Å². The number of hydrogen-bond acceptors (Lipinski definition) is 5. The van der Waals surface area contributed by atoms with Crippen LogP contribution in [0, 0.1) is 0 Å². The molecule has 0 aromatic carbocycles. The zero-order chi connectivity index (χ0) is 14.2. The normalized spacial score (nSPS) is 15.7. The van der Waals surface area contributed by atoms with E-state index in [1.54, 1.807) is 17.4 Å². The summed E-state index contributed by atoms with van der Waals surface area (Å²) in [5.74, 6) is 0.620. The third kappa shape index (κ3) is 3.11. The molecule has 0 spiro atoms. The molecule has 4 nitrogen and oxygen atoms in total. The molecule has 0 bridgehead atoms. The average Bonchev–Trinajstić information content (AvgIpc) is 2.99. The van der Waals surface area contributed by atoms with Crippen LogP contribution in [0.3, 0.4) is 0 Å². The molecule has 1 aliphatic rings. The molecule has 20 heavy (non-hydrogen) atoms. The molecule has 0 amide bonds. The van der Waals surface area contributed by atoms with Crippen LogP contribution in [0.2, 0.25) is 0 Å². The Labute approximate surface area is 126 Å². The summed E-state index contributed by atoms with van der Waals surface area (Å²) in [4.78, 5) is 5.56. The monoisotopic (exact) mass is 328 g/mol. The summed E-state index contributed by atoms with van der Waals surface area (Å²) in [5, 5.41) is 3.09. The van der Waals surface area contributed by atoms with Gasteiger partial charge in [-0.1, -0.05) is 6.92 Å². The highest BCUT2D eigenvalue weighted by Crippen LogP contribution is 2.41. The van der Waals surface area contributed by atoms with Gasteiger partial charge in [0.2, 0.25) is 10.0 Å². The standard InChI is InChI=1S/C13H16N2O2S3/c1-2-11-5-6-12(19-11)20(16,17)14-7-10-8-18-13(15-10)9-3-4-9/h5-6,8-9,14H,2-4,7H2,1H3. The molecule has 0 atom stereocenters. The lowest BCUT2D eigenvalue weighted by atomic mass is 10.4. The van der Waals surface area contributed by atoms with E-state index >= 15 is 0 Å². The van der Waals surface area contributed by atoms with Crippen molar-refractivity contribution in [2.45, 2.75) is 42.9 Å². The van der Waals surface area contributed by atoms with Gasteiger partial charge in [-0.2, -0.15) is 0 Å². The molecule has 2 aromatic rings. The molecule has 108 valence electrons. The summed E-state index contributed by atoms with van der Waals surface area (Å²) in [6.45, 7) is 2.29. The Bertz CT molecular complexity index is 699. The van der Waals surface area contributed by atoms with Crippen molar-refractivity contribution in [3.8, 4) is 0 Å². The maximum absolute atomic E-state index is 12.2. The Hall–Kier alpha value is -0.760. The number of aromatic nitrogens is 1. The first kappa shape index (κ1) is 14.2. The third-order valence-electron chi connectivity index (χ3n) is 3.19. The minimum Gasteiger partial charge on any atom is -0.245 e. The minimum atomic E-state index is -3.41. The van der Waals surface area contributed by atoms with Crippen LogP contribution in [0.5, 0.6) is 0 Å². The third-order valence-corrected chi connectivity index (χ3v) is 7.37. The van der Waals surface area contributed by atoms with Crippen LogP contribution < -0.4 is 4.72 Å². The average molecular weight is 328 g/mol. The Morgan fingerprint density at radius 1 is 1.40 bits per heavy atom. The molecule has 1 saturated carbocycles. The van der Waals surface area contributed by atoms with E-state index in [9.17, 15) is 8.42 Å². The highest BCUT2D eigenvalue weighted by Gasteiger charge is 2.26. The van der Waals surface area contributed by atoms with Crippen LogP contribution in [-0.4, -0.2) is 13.4 Å². The highest BCUT2D eigenvalue weighted by atomic mass is 32.2. The van der Waals surface area contributed by atoms with Crippen LogP contribution in [-0.2, 0) is 23.0 Å². The second-order valence-corrected chi connectivity index (χ2v) is 8.90. The lowest BCUT2D eigenvalue weighted by Crippen LogP contribution is -2.22. The van der Waals surface area contributed by atoms with Crippen molar-refractivity contribution in [1.82, 2.24) is 9.71 Å². The van der Waals surface area contributed by atoms with Crippen molar-refractivity contribution < 1.29 is 8.42 Å². The van der Waals surface area contributed by atoms with Crippen LogP contribution in [0.4, 0.5) is 0 Å². The number of hydrogen-bond donors (Lipinski definition) is 1. The van der Waals surface area contributed by atoms with Gasteiger partial charge in [0.15, 0.2) is 0 Å². The SMILES string of the molecule is CCc1ccc(S(=O)(=O)NCc2csc(C3CC3)n2)s1. The van der Waals surface area contributed by atoms with Gasteiger partial charge in [-0.05, 0) is 31.4 Å². The second-order valence-electron chi connectivity index (χ2n) is 4.85. The summed E-state index contributed by atoms with van der Waals surface area (Å²) in [6.07, 6.45) is 3.29. The van der Waals surface area contributed by atoms with Crippen molar-refractivity contribution >= 4 is 32.7 Å². The first-order valence-electron chi connectivity index (χ1n) is 6.61. The minimum absolute atomic E-state index is 0.269. The Balaban J connectivity index is 1.66. The number of rotatable bonds is 6. The summed E-state index contributed by atoms with van der Waals surface area (Å²) in [6, 6.07) is 3.54. The lowest BCUT2D eigenvalue weighted by Gasteiger charge is -2.02. The quantitative estimate of drug-likeness (QED) is 0.886. The summed E-state index contributed by atoms with van der Waals surface area (Å²) in [5.41, 5.74) is 0.813. The van der Waals surface area contributed by atoms with Crippen LogP contribution in [0.25, 0.3) is 0 Å². The molecule has 2 heterocycles. The number of thiophene rings is 1. The van der Waals surface area contributed by atoms with Crippen molar-refractivity contribution in [3.63, 3.8) is 0 Å². The first-order chi connectivity index (χ1) is 9.58. The van der Waals surface area contributed by atoms with Gasteiger partial charge < -0.3 is 0 Å². The molecule has 0 unspecified atom stereocenters. The van der Waals surface area contributed by atoms with Gasteiger partial charge in [0.05, 0.1) is 17.2 Å². The zero-order valence-corrected chi connectivity index (χ0v) is 13.6. The molecular formula is C13H16N2O2S3. The van der Waals surface area contributed by atoms with Gasteiger partial charge >= 0.3 is 0 Å². The van der Waals surface area contributed by atoms with Crippen molar-refractivity contribution in [1.29, 1.82) is 0 Å². The van der Waals surface area contributed by atoms with Crippen molar-refractivity contribution in [2.24, 2.45) is 0 Å². The Kier molecular flexibility index (Phi) is 3.94. The van der Waals surface area contributed by atoms with Gasteiger partial charge in [-0.15, -0.1) is 22.7 Å². The topological polar surface area (TPSA) is 59.1 Å². The first-order valence-corrected chi connectivity index (χ1v) is 9.79. The molecule has 3 rings (SSSR count). The van der Waals surface area contributed by atoms with E-state index in [2.05, 4.69) is 9.71 Å². The highest BCUT2D eigenvalue weighted by molar-refractivity contribution is 7.91. The van der Waals surface area contributed by atoms with Gasteiger partial charge in [0, 0.05) is 16.2 Å². The molecule has 2 aromatic heterocycles. The number of nitrogens with zero attached hydrogens (tertiary/aromatic N) is 1. The second kappa shape index (κ2) is 5.55.